The van der Waals surface area contributed by atoms with Crippen molar-refractivity contribution >= 4 is 38.9 Å². The molecular weight excluding hydrogens is 456 g/mol. The highest BCUT2D eigenvalue weighted by molar-refractivity contribution is 7.92. The van der Waals surface area contributed by atoms with Crippen molar-refractivity contribution < 1.29 is 13.2 Å². The molecule has 0 aromatic heterocycles. The van der Waals surface area contributed by atoms with Crippen LogP contribution in [-0.2, 0) is 14.8 Å². The third-order valence-electron chi connectivity index (χ3n) is 5.53. The van der Waals surface area contributed by atoms with E-state index < -0.39 is 15.9 Å². The highest BCUT2D eigenvalue weighted by atomic mass is 35.5. The molecule has 0 fully saturated rings. The van der Waals surface area contributed by atoms with Crippen molar-refractivity contribution in [3.05, 3.63) is 87.9 Å². The van der Waals surface area contributed by atoms with Gasteiger partial charge in [-0.05, 0) is 67.6 Å². The molecule has 0 spiro atoms. The van der Waals surface area contributed by atoms with Gasteiger partial charge in [-0.25, -0.2) is 8.42 Å². The molecule has 0 radical (unpaired) electrons. The van der Waals surface area contributed by atoms with E-state index in [4.69, 9.17) is 11.6 Å². The highest BCUT2D eigenvalue weighted by Crippen LogP contribution is 2.31. The van der Waals surface area contributed by atoms with Crippen molar-refractivity contribution in [1.29, 1.82) is 0 Å². The number of halogens is 1. The molecule has 0 atom stereocenters. The fourth-order valence-corrected chi connectivity index (χ4v) is 5.28. The predicted octanol–water partition coefficient (Wildman–Crippen LogP) is 6.22. The van der Waals surface area contributed by atoms with E-state index in [2.05, 4.69) is 5.32 Å². The van der Waals surface area contributed by atoms with Gasteiger partial charge in [-0.15, -0.1) is 0 Å². The Kier molecular flexibility index (Phi) is 7.50. The molecule has 0 saturated heterocycles. The number of para-hydroxylation sites is 1. The number of rotatable bonds is 7. The zero-order valence-electron chi connectivity index (χ0n) is 19.5. The summed E-state index contributed by atoms with van der Waals surface area (Å²) < 4.78 is 28.4. The van der Waals surface area contributed by atoms with Crippen LogP contribution in [0.25, 0.3) is 0 Å². The van der Waals surface area contributed by atoms with Gasteiger partial charge in [0.2, 0.25) is 5.91 Å². The van der Waals surface area contributed by atoms with Crippen LogP contribution >= 0.6 is 11.6 Å². The van der Waals surface area contributed by atoms with Gasteiger partial charge in [0.15, 0.2) is 0 Å². The maximum absolute atomic E-state index is 13.6. The second-order valence-electron chi connectivity index (χ2n) is 8.50. The second kappa shape index (κ2) is 9.98. The van der Waals surface area contributed by atoms with Gasteiger partial charge < -0.3 is 5.32 Å². The minimum Gasteiger partial charge on any atom is -0.324 e. The second-order valence-corrected chi connectivity index (χ2v) is 10.8. The van der Waals surface area contributed by atoms with Crippen LogP contribution in [0.2, 0.25) is 5.02 Å². The van der Waals surface area contributed by atoms with Crippen LogP contribution in [0, 0.1) is 20.8 Å². The molecule has 0 aliphatic rings. The van der Waals surface area contributed by atoms with Crippen LogP contribution in [0.1, 0.15) is 42.0 Å². The number of benzene rings is 3. The van der Waals surface area contributed by atoms with E-state index in [1.54, 1.807) is 49.4 Å². The number of nitrogens with zero attached hydrogens (tertiary/aromatic N) is 1. The Hall–Kier alpha value is -2.83. The maximum Gasteiger partial charge on any atom is 0.264 e. The van der Waals surface area contributed by atoms with Gasteiger partial charge in [-0.1, -0.05) is 67.4 Å². The Bertz CT molecular complexity index is 1270. The van der Waals surface area contributed by atoms with Gasteiger partial charge in [0.05, 0.1) is 10.6 Å². The van der Waals surface area contributed by atoms with E-state index in [1.807, 2.05) is 45.9 Å². The Balaban J connectivity index is 2.04. The number of hydrogen-bond donors (Lipinski definition) is 1. The summed E-state index contributed by atoms with van der Waals surface area (Å²) >= 11 is 6.20. The molecule has 3 rings (SSSR count). The van der Waals surface area contributed by atoms with Crippen molar-refractivity contribution in [1.82, 2.24) is 0 Å². The van der Waals surface area contributed by atoms with Crippen LogP contribution in [0.5, 0.6) is 0 Å². The molecule has 0 aliphatic heterocycles. The summed E-state index contributed by atoms with van der Waals surface area (Å²) in [5.74, 6) is -0.232. The molecule has 1 N–H and O–H groups in total. The lowest BCUT2D eigenvalue weighted by molar-refractivity contribution is -0.114. The molecule has 1 amide bonds. The summed E-state index contributed by atoms with van der Waals surface area (Å²) in [7, 11) is -4.02. The van der Waals surface area contributed by atoms with Crippen LogP contribution in [-0.4, -0.2) is 20.9 Å². The summed E-state index contributed by atoms with van der Waals surface area (Å²) in [5.41, 5.74) is 4.64. The first kappa shape index (κ1) is 24.8. The molecule has 0 unspecified atom stereocenters. The van der Waals surface area contributed by atoms with E-state index in [1.165, 1.54) is 0 Å². The Labute approximate surface area is 201 Å². The molecule has 0 bridgehead atoms. The van der Waals surface area contributed by atoms with Crippen molar-refractivity contribution in [3.8, 4) is 0 Å². The lowest BCUT2D eigenvalue weighted by Crippen LogP contribution is -2.38. The maximum atomic E-state index is 13.6. The number of carbonyl (C=O) groups is 1. The monoisotopic (exact) mass is 484 g/mol. The van der Waals surface area contributed by atoms with Crippen LogP contribution < -0.4 is 9.62 Å². The number of nitrogens with one attached hydrogen (secondary N) is 1. The standard InChI is InChI=1S/C26H29ClN2O3S/c1-17(2)23-8-6-7-20(5)26(23)28-25(30)16-29(24-15-21(27)12-11-19(24)4)33(31,32)22-13-9-18(3)10-14-22/h6-15,17H,16H2,1-5H3,(H,28,30). The minimum atomic E-state index is -4.02. The van der Waals surface area contributed by atoms with E-state index >= 15 is 0 Å². The molecule has 174 valence electrons. The number of sulfonamides is 1. The quantitative estimate of drug-likeness (QED) is 0.432. The lowest BCUT2D eigenvalue weighted by atomic mass is 9.98. The number of carbonyl (C=O) groups excluding carboxylic acids is 1. The van der Waals surface area contributed by atoms with Gasteiger partial charge in [-0.2, -0.15) is 0 Å². The summed E-state index contributed by atoms with van der Waals surface area (Å²) in [6.45, 7) is 9.31. The molecule has 3 aromatic rings. The predicted molar refractivity (Wildman–Crippen MR) is 136 cm³/mol. The minimum absolute atomic E-state index is 0.110. The van der Waals surface area contributed by atoms with E-state index in [9.17, 15) is 13.2 Å². The van der Waals surface area contributed by atoms with Crippen molar-refractivity contribution in [2.75, 3.05) is 16.2 Å². The third kappa shape index (κ3) is 5.57. The first-order valence-electron chi connectivity index (χ1n) is 10.8. The number of hydrogen-bond acceptors (Lipinski definition) is 3. The van der Waals surface area contributed by atoms with Crippen LogP contribution in [0.4, 0.5) is 11.4 Å². The van der Waals surface area contributed by atoms with Crippen molar-refractivity contribution in [2.45, 2.75) is 45.4 Å². The topological polar surface area (TPSA) is 66.5 Å². The molecule has 0 heterocycles. The van der Waals surface area contributed by atoms with Crippen molar-refractivity contribution in [3.63, 3.8) is 0 Å². The smallest absolute Gasteiger partial charge is 0.264 e. The van der Waals surface area contributed by atoms with Crippen LogP contribution in [0.15, 0.2) is 65.6 Å². The normalized spacial score (nSPS) is 11.5. The van der Waals surface area contributed by atoms with E-state index in [-0.39, 0.29) is 17.4 Å². The Morgan fingerprint density at radius 3 is 2.27 bits per heavy atom. The third-order valence-corrected chi connectivity index (χ3v) is 7.54. The summed E-state index contributed by atoms with van der Waals surface area (Å²) in [4.78, 5) is 13.3. The molecule has 5 nitrogen and oxygen atoms in total. The SMILES string of the molecule is Cc1ccc(S(=O)(=O)N(CC(=O)Nc2c(C)cccc2C(C)C)c2cc(Cl)ccc2C)cc1. The summed E-state index contributed by atoms with van der Waals surface area (Å²) in [6.07, 6.45) is 0. The summed E-state index contributed by atoms with van der Waals surface area (Å²) in [5, 5.41) is 3.34. The fourth-order valence-electron chi connectivity index (χ4n) is 3.64. The summed E-state index contributed by atoms with van der Waals surface area (Å²) in [6, 6.07) is 17.4. The molecular formula is C26H29ClN2O3S. The fraction of sp³-hybridized carbons (Fsp3) is 0.269. The van der Waals surface area contributed by atoms with Crippen molar-refractivity contribution in [2.24, 2.45) is 0 Å². The highest BCUT2D eigenvalue weighted by Gasteiger charge is 2.29. The molecule has 3 aromatic carbocycles. The largest absolute Gasteiger partial charge is 0.324 e. The zero-order chi connectivity index (χ0) is 24.3. The first-order chi connectivity index (χ1) is 15.5. The Morgan fingerprint density at radius 1 is 0.970 bits per heavy atom. The number of anilines is 2. The van der Waals surface area contributed by atoms with E-state index in [0.29, 0.717) is 22.0 Å². The zero-order valence-corrected chi connectivity index (χ0v) is 21.1. The van der Waals surface area contributed by atoms with Gasteiger partial charge in [-0.3, -0.25) is 9.10 Å². The molecule has 33 heavy (non-hydrogen) atoms. The molecule has 7 heteroatoms. The van der Waals surface area contributed by atoms with Crippen LogP contribution in [0.3, 0.4) is 0 Å². The average molecular weight is 485 g/mol. The first-order valence-corrected chi connectivity index (χ1v) is 12.6. The van der Waals surface area contributed by atoms with E-state index in [0.717, 1.165) is 21.0 Å². The van der Waals surface area contributed by atoms with Gasteiger partial charge in [0, 0.05) is 10.7 Å². The molecule has 0 aliphatic carbocycles. The number of aryl methyl sites for hydroxylation is 3. The van der Waals surface area contributed by atoms with Gasteiger partial charge in [0.25, 0.3) is 10.0 Å². The van der Waals surface area contributed by atoms with Gasteiger partial charge >= 0.3 is 0 Å². The lowest BCUT2D eigenvalue weighted by Gasteiger charge is -2.26. The average Bonchev–Trinajstić information content (AvgIpc) is 2.75. The Morgan fingerprint density at radius 2 is 1.64 bits per heavy atom. The number of amides is 1. The van der Waals surface area contributed by atoms with Gasteiger partial charge in [0.1, 0.15) is 6.54 Å². The molecule has 0 saturated carbocycles.